The minimum atomic E-state index is -0.0584. The van der Waals surface area contributed by atoms with Crippen LogP contribution in [0.4, 0.5) is 5.95 Å². The maximum absolute atomic E-state index is 13.4. The Balaban J connectivity index is 1.72. The predicted octanol–water partition coefficient (Wildman–Crippen LogP) is 4.60. The first kappa shape index (κ1) is 20.5. The monoisotopic (exact) mass is 421 g/mol. The number of pyridine rings is 1. The Hall–Kier alpha value is -2.80. The summed E-state index contributed by atoms with van der Waals surface area (Å²) in [6, 6.07) is 5.93. The zero-order chi connectivity index (χ0) is 21.1. The predicted molar refractivity (Wildman–Crippen MR) is 121 cm³/mol. The summed E-state index contributed by atoms with van der Waals surface area (Å²) in [6.07, 6.45) is 9.40. The highest BCUT2D eigenvalue weighted by Gasteiger charge is 2.34. The second-order valence-electron chi connectivity index (χ2n) is 7.81. The lowest BCUT2D eigenvalue weighted by molar-refractivity contribution is 0.0734. The summed E-state index contributed by atoms with van der Waals surface area (Å²) in [5.74, 6) is 0.754. The van der Waals surface area contributed by atoms with E-state index in [1.807, 2.05) is 47.6 Å². The Morgan fingerprint density at radius 3 is 2.83 bits per heavy atom. The second kappa shape index (κ2) is 8.92. The first-order valence-electron chi connectivity index (χ1n) is 10.4. The van der Waals surface area contributed by atoms with E-state index in [0.29, 0.717) is 5.95 Å². The summed E-state index contributed by atoms with van der Waals surface area (Å²) < 4.78 is 0. The lowest BCUT2D eigenvalue weighted by atomic mass is 10.0. The Morgan fingerprint density at radius 1 is 1.30 bits per heavy atom. The van der Waals surface area contributed by atoms with Crippen molar-refractivity contribution < 1.29 is 4.79 Å². The van der Waals surface area contributed by atoms with Gasteiger partial charge in [-0.25, -0.2) is 9.97 Å². The Morgan fingerprint density at radius 2 is 2.10 bits per heavy atom. The van der Waals surface area contributed by atoms with Gasteiger partial charge in [-0.3, -0.25) is 9.78 Å². The van der Waals surface area contributed by atoms with Crippen LogP contribution < -0.4 is 4.90 Å². The van der Waals surface area contributed by atoms with Gasteiger partial charge in [0, 0.05) is 55.1 Å². The summed E-state index contributed by atoms with van der Waals surface area (Å²) in [5, 5.41) is 2.00. The molecule has 1 saturated heterocycles. The van der Waals surface area contributed by atoms with Crippen molar-refractivity contribution in [1.29, 1.82) is 0 Å². The quantitative estimate of drug-likeness (QED) is 0.582. The minimum absolute atomic E-state index is 0.0584. The van der Waals surface area contributed by atoms with Crippen molar-refractivity contribution in [3.63, 3.8) is 0 Å². The SMILES string of the molecule is CCCc1cc(C(=O)N2CCCC2c2nc(N(C)C)ncc2-c2ccncc2)cs1. The lowest BCUT2D eigenvalue weighted by Gasteiger charge is -2.26. The largest absolute Gasteiger partial charge is 0.347 e. The van der Waals surface area contributed by atoms with Gasteiger partial charge in [0.15, 0.2) is 0 Å². The molecule has 3 aromatic rings. The van der Waals surface area contributed by atoms with Gasteiger partial charge < -0.3 is 9.80 Å². The minimum Gasteiger partial charge on any atom is -0.347 e. The number of carbonyl (C=O) groups excluding carboxylic acids is 1. The van der Waals surface area contributed by atoms with Crippen LogP contribution in [0, 0.1) is 0 Å². The third-order valence-corrected chi connectivity index (χ3v) is 6.42. The second-order valence-corrected chi connectivity index (χ2v) is 8.80. The van der Waals surface area contributed by atoms with Crippen LogP contribution in [0.5, 0.6) is 0 Å². The van der Waals surface area contributed by atoms with Crippen molar-refractivity contribution in [2.75, 3.05) is 25.5 Å². The molecule has 156 valence electrons. The van der Waals surface area contributed by atoms with E-state index in [4.69, 9.17) is 4.98 Å². The summed E-state index contributed by atoms with van der Waals surface area (Å²) in [4.78, 5) is 32.1. The maximum atomic E-state index is 13.4. The molecule has 3 aromatic heterocycles. The number of likely N-dealkylation sites (tertiary alicyclic amines) is 1. The van der Waals surface area contributed by atoms with E-state index in [9.17, 15) is 4.79 Å². The van der Waals surface area contributed by atoms with Crippen molar-refractivity contribution in [1.82, 2.24) is 19.9 Å². The highest BCUT2D eigenvalue weighted by Crippen LogP contribution is 2.38. The molecule has 1 atom stereocenters. The van der Waals surface area contributed by atoms with Gasteiger partial charge in [-0.2, -0.15) is 0 Å². The molecule has 1 aliphatic heterocycles. The molecule has 7 heteroatoms. The molecule has 0 radical (unpaired) electrons. The number of hydrogen-bond acceptors (Lipinski definition) is 6. The molecule has 1 amide bonds. The topological polar surface area (TPSA) is 62.2 Å². The Kier molecular flexibility index (Phi) is 6.08. The van der Waals surface area contributed by atoms with Gasteiger partial charge in [-0.1, -0.05) is 13.3 Å². The van der Waals surface area contributed by atoms with Gasteiger partial charge in [0.2, 0.25) is 5.95 Å². The number of nitrogens with zero attached hydrogens (tertiary/aromatic N) is 5. The van der Waals surface area contributed by atoms with Crippen LogP contribution in [-0.4, -0.2) is 46.4 Å². The number of thiophene rings is 1. The number of aromatic nitrogens is 3. The third-order valence-electron chi connectivity index (χ3n) is 5.42. The lowest BCUT2D eigenvalue weighted by Crippen LogP contribution is -2.31. The summed E-state index contributed by atoms with van der Waals surface area (Å²) in [6.45, 7) is 2.91. The van der Waals surface area contributed by atoms with E-state index in [2.05, 4.69) is 23.0 Å². The van der Waals surface area contributed by atoms with Crippen molar-refractivity contribution in [3.8, 4) is 11.1 Å². The smallest absolute Gasteiger partial charge is 0.255 e. The fourth-order valence-corrected chi connectivity index (χ4v) is 4.90. The molecule has 4 rings (SSSR count). The molecule has 0 aliphatic carbocycles. The van der Waals surface area contributed by atoms with E-state index >= 15 is 0 Å². The third kappa shape index (κ3) is 4.07. The molecule has 6 nitrogen and oxygen atoms in total. The van der Waals surface area contributed by atoms with Crippen LogP contribution >= 0.6 is 11.3 Å². The van der Waals surface area contributed by atoms with Crippen LogP contribution in [0.2, 0.25) is 0 Å². The molecule has 30 heavy (non-hydrogen) atoms. The van der Waals surface area contributed by atoms with Crippen LogP contribution in [0.1, 0.15) is 53.2 Å². The molecular formula is C23H27N5OS. The summed E-state index contributed by atoms with van der Waals surface area (Å²) in [5.41, 5.74) is 3.69. The average Bonchev–Trinajstić information content (AvgIpc) is 3.43. The maximum Gasteiger partial charge on any atom is 0.255 e. The highest BCUT2D eigenvalue weighted by atomic mass is 32.1. The van der Waals surface area contributed by atoms with Gasteiger partial charge in [0.1, 0.15) is 0 Å². The van der Waals surface area contributed by atoms with Crippen LogP contribution in [0.3, 0.4) is 0 Å². The van der Waals surface area contributed by atoms with Gasteiger partial charge in [0.05, 0.1) is 17.3 Å². The number of aryl methyl sites for hydroxylation is 1. The molecule has 0 aromatic carbocycles. The number of amides is 1. The van der Waals surface area contributed by atoms with Gasteiger partial charge in [0.25, 0.3) is 5.91 Å². The standard InChI is InChI=1S/C23H27N5OS/c1-4-6-18-13-17(15-30-18)22(29)28-12-5-7-20(28)21-19(16-8-10-24-11-9-16)14-25-23(26-21)27(2)3/h8-11,13-15,20H,4-7,12H2,1-3H3. The summed E-state index contributed by atoms with van der Waals surface area (Å²) >= 11 is 1.68. The molecule has 0 saturated carbocycles. The van der Waals surface area contributed by atoms with Gasteiger partial charge in [-0.05, 0) is 43.0 Å². The van der Waals surface area contributed by atoms with Gasteiger partial charge >= 0.3 is 0 Å². The van der Waals surface area contributed by atoms with Gasteiger partial charge in [-0.15, -0.1) is 11.3 Å². The van der Waals surface area contributed by atoms with E-state index < -0.39 is 0 Å². The first-order valence-corrected chi connectivity index (χ1v) is 11.3. The van der Waals surface area contributed by atoms with E-state index in [0.717, 1.165) is 54.6 Å². The van der Waals surface area contributed by atoms with Crippen LogP contribution in [0.15, 0.2) is 42.2 Å². The molecule has 0 bridgehead atoms. The zero-order valence-electron chi connectivity index (χ0n) is 17.7. The van der Waals surface area contributed by atoms with Crippen molar-refractivity contribution >= 4 is 23.2 Å². The number of carbonyl (C=O) groups is 1. The molecule has 1 aliphatic rings. The van der Waals surface area contributed by atoms with Crippen molar-refractivity contribution in [3.05, 3.63) is 58.3 Å². The molecule has 4 heterocycles. The normalized spacial score (nSPS) is 16.1. The van der Waals surface area contributed by atoms with E-state index in [-0.39, 0.29) is 11.9 Å². The average molecular weight is 422 g/mol. The molecule has 0 spiro atoms. The van der Waals surface area contributed by atoms with E-state index in [1.54, 1.807) is 23.7 Å². The summed E-state index contributed by atoms with van der Waals surface area (Å²) in [7, 11) is 3.87. The zero-order valence-corrected chi connectivity index (χ0v) is 18.5. The molecule has 1 unspecified atom stereocenters. The molecular weight excluding hydrogens is 394 g/mol. The van der Waals surface area contributed by atoms with Crippen molar-refractivity contribution in [2.45, 2.75) is 38.6 Å². The molecule has 1 fully saturated rings. The Labute approximate surface area is 181 Å². The van der Waals surface area contributed by atoms with E-state index in [1.165, 1.54) is 4.88 Å². The highest BCUT2D eigenvalue weighted by molar-refractivity contribution is 7.10. The first-order chi connectivity index (χ1) is 14.6. The fourth-order valence-electron chi connectivity index (χ4n) is 3.94. The fraction of sp³-hybridized carbons (Fsp3) is 0.391. The Bertz CT molecular complexity index is 1020. The van der Waals surface area contributed by atoms with Crippen LogP contribution in [0.25, 0.3) is 11.1 Å². The van der Waals surface area contributed by atoms with Crippen molar-refractivity contribution in [2.24, 2.45) is 0 Å². The number of hydrogen-bond donors (Lipinski definition) is 0. The number of rotatable bonds is 6. The molecule has 0 N–H and O–H groups in total. The number of anilines is 1. The van der Waals surface area contributed by atoms with Crippen LogP contribution in [-0.2, 0) is 6.42 Å².